The van der Waals surface area contributed by atoms with E-state index < -0.39 is 0 Å². The highest BCUT2D eigenvalue weighted by Gasteiger charge is 2.24. The lowest BCUT2D eigenvalue weighted by Crippen LogP contribution is -2.42. The van der Waals surface area contributed by atoms with Crippen LogP contribution < -0.4 is 5.32 Å². The number of carbonyl (C=O) groups excluding carboxylic acids is 2. The topological polar surface area (TPSA) is 49.4 Å². The van der Waals surface area contributed by atoms with Crippen LogP contribution in [0.1, 0.15) is 41.3 Å². The summed E-state index contributed by atoms with van der Waals surface area (Å²) < 4.78 is 0. The molecule has 1 aliphatic rings. The van der Waals surface area contributed by atoms with Crippen LogP contribution in [0.25, 0.3) is 6.08 Å². The Bertz CT molecular complexity index is 817. The van der Waals surface area contributed by atoms with Gasteiger partial charge in [0.05, 0.1) is 0 Å². The van der Waals surface area contributed by atoms with Gasteiger partial charge in [0.1, 0.15) is 5.70 Å². The highest BCUT2D eigenvalue weighted by molar-refractivity contribution is 6.05. The van der Waals surface area contributed by atoms with Gasteiger partial charge in [-0.3, -0.25) is 9.59 Å². The highest BCUT2D eigenvalue weighted by atomic mass is 16.2. The third-order valence-electron chi connectivity index (χ3n) is 4.97. The van der Waals surface area contributed by atoms with Gasteiger partial charge in [0.2, 0.25) is 0 Å². The number of hydrogen-bond donors (Lipinski definition) is 1. The smallest absolute Gasteiger partial charge is 0.270 e. The molecule has 2 aromatic carbocycles. The van der Waals surface area contributed by atoms with Crippen LogP contribution in [0.15, 0.2) is 60.3 Å². The molecule has 2 aromatic rings. The standard InChI is InChI=1S/C23H26N2O2/c1-17-8-10-20(11-9-17)22(26)24-21(16-19-6-4-3-5-7-19)23(27)25-14-12-18(2)13-15-25/h3-11,16,18H,12-15H2,1-2H3,(H,24,26)/b21-16+. The molecule has 0 saturated carbocycles. The van der Waals surface area contributed by atoms with E-state index in [1.807, 2.05) is 54.3 Å². The van der Waals surface area contributed by atoms with Crippen LogP contribution in [-0.4, -0.2) is 29.8 Å². The summed E-state index contributed by atoms with van der Waals surface area (Å²) in [5.41, 5.74) is 2.83. The Kier molecular flexibility index (Phi) is 6.07. The van der Waals surface area contributed by atoms with Gasteiger partial charge in [-0.15, -0.1) is 0 Å². The molecule has 0 radical (unpaired) electrons. The Balaban J connectivity index is 1.83. The lowest BCUT2D eigenvalue weighted by Gasteiger charge is -2.31. The first-order valence-electron chi connectivity index (χ1n) is 9.47. The minimum absolute atomic E-state index is 0.119. The molecule has 0 spiro atoms. The predicted molar refractivity (Wildman–Crippen MR) is 108 cm³/mol. The van der Waals surface area contributed by atoms with Crippen molar-refractivity contribution < 1.29 is 9.59 Å². The highest BCUT2D eigenvalue weighted by Crippen LogP contribution is 2.18. The Morgan fingerprint density at radius 3 is 2.26 bits per heavy atom. The molecule has 1 heterocycles. The van der Waals surface area contributed by atoms with Gasteiger partial charge in [0.15, 0.2) is 0 Å². The van der Waals surface area contributed by atoms with Gasteiger partial charge in [0.25, 0.3) is 11.8 Å². The van der Waals surface area contributed by atoms with Crippen molar-refractivity contribution in [1.82, 2.24) is 10.2 Å². The van der Waals surface area contributed by atoms with E-state index in [1.165, 1.54) is 0 Å². The fraction of sp³-hybridized carbons (Fsp3) is 0.304. The Morgan fingerprint density at radius 1 is 1.00 bits per heavy atom. The van der Waals surface area contributed by atoms with Crippen LogP contribution >= 0.6 is 0 Å². The quantitative estimate of drug-likeness (QED) is 0.835. The number of benzene rings is 2. The maximum absolute atomic E-state index is 13.1. The molecule has 27 heavy (non-hydrogen) atoms. The number of nitrogens with one attached hydrogen (secondary N) is 1. The lowest BCUT2D eigenvalue weighted by atomic mass is 9.99. The first-order valence-corrected chi connectivity index (χ1v) is 9.47. The van der Waals surface area contributed by atoms with Crippen LogP contribution in [0.5, 0.6) is 0 Å². The van der Waals surface area contributed by atoms with Gasteiger partial charge < -0.3 is 10.2 Å². The van der Waals surface area contributed by atoms with Crippen molar-refractivity contribution in [3.05, 3.63) is 77.0 Å². The van der Waals surface area contributed by atoms with E-state index in [1.54, 1.807) is 18.2 Å². The zero-order chi connectivity index (χ0) is 19.2. The third-order valence-corrected chi connectivity index (χ3v) is 4.97. The average Bonchev–Trinajstić information content (AvgIpc) is 2.69. The summed E-state index contributed by atoms with van der Waals surface area (Å²) in [6.07, 6.45) is 3.75. The lowest BCUT2D eigenvalue weighted by molar-refractivity contribution is -0.128. The number of piperidine rings is 1. The SMILES string of the molecule is Cc1ccc(C(=O)N/C(=C/c2ccccc2)C(=O)N2CCC(C)CC2)cc1. The van der Waals surface area contributed by atoms with E-state index in [0.717, 1.165) is 37.1 Å². The number of aryl methyl sites for hydroxylation is 1. The number of carbonyl (C=O) groups is 2. The molecule has 4 nitrogen and oxygen atoms in total. The second kappa shape index (κ2) is 8.67. The maximum Gasteiger partial charge on any atom is 0.270 e. The summed E-state index contributed by atoms with van der Waals surface area (Å²) in [5, 5.41) is 2.84. The molecular weight excluding hydrogens is 336 g/mol. The van der Waals surface area contributed by atoms with Gasteiger partial charge >= 0.3 is 0 Å². The molecule has 1 saturated heterocycles. The van der Waals surface area contributed by atoms with Crippen molar-refractivity contribution in [3.63, 3.8) is 0 Å². The molecule has 0 aliphatic carbocycles. The van der Waals surface area contributed by atoms with Gasteiger partial charge in [-0.05, 0) is 49.5 Å². The zero-order valence-electron chi connectivity index (χ0n) is 15.9. The van der Waals surface area contributed by atoms with E-state index in [4.69, 9.17) is 0 Å². The van der Waals surface area contributed by atoms with Crippen molar-refractivity contribution in [3.8, 4) is 0 Å². The Hall–Kier alpha value is -2.88. The van der Waals surface area contributed by atoms with Crippen LogP contribution in [0, 0.1) is 12.8 Å². The fourth-order valence-corrected chi connectivity index (χ4v) is 3.15. The molecule has 0 unspecified atom stereocenters. The summed E-state index contributed by atoms with van der Waals surface area (Å²) in [6.45, 7) is 5.64. The first-order chi connectivity index (χ1) is 13.0. The number of rotatable bonds is 4. The molecule has 2 amide bonds. The number of hydrogen-bond acceptors (Lipinski definition) is 2. The predicted octanol–water partition coefficient (Wildman–Crippen LogP) is 4.02. The van der Waals surface area contributed by atoms with Crippen molar-refractivity contribution in [1.29, 1.82) is 0 Å². The van der Waals surface area contributed by atoms with Crippen LogP contribution in [0.4, 0.5) is 0 Å². The van der Waals surface area contributed by atoms with Crippen molar-refractivity contribution >= 4 is 17.9 Å². The first kappa shape index (κ1) is 18.9. The van der Waals surface area contributed by atoms with Crippen LogP contribution in [0.2, 0.25) is 0 Å². The zero-order valence-corrected chi connectivity index (χ0v) is 15.9. The van der Waals surface area contributed by atoms with Gasteiger partial charge in [-0.2, -0.15) is 0 Å². The van der Waals surface area contributed by atoms with Crippen molar-refractivity contribution in [2.75, 3.05) is 13.1 Å². The Morgan fingerprint density at radius 2 is 1.63 bits per heavy atom. The van der Waals surface area contributed by atoms with Crippen molar-refractivity contribution in [2.24, 2.45) is 5.92 Å². The maximum atomic E-state index is 13.1. The minimum atomic E-state index is -0.268. The fourth-order valence-electron chi connectivity index (χ4n) is 3.15. The van der Waals surface area contributed by atoms with Crippen LogP contribution in [0.3, 0.4) is 0 Å². The molecule has 0 aromatic heterocycles. The summed E-state index contributed by atoms with van der Waals surface area (Å²) in [4.78, 5) is 27.6. The molecule has 3 rings (SSSR count). The summed E-state index contributed by atoms with van der Waals surface area (Å²) in [7, 11) is 0. The van der Waals surface area contributed by atoms with Gasteiger partial charge in [0, 0.05) is 18.7 Å². The average molecular weight is 362 g/mol. The summed E-state index contributed by atoms with van der Waals surface area (Å²) in [6, 6.07) is 16.9. The van der Waals surface area contributed by atoms with E-state index in [-0.39, 0.29) is 11.8 Å². The largest absolute Gasteiger partial charge is 0.337 e. The summed E-state index contributed by atoms with van der Waals surface area (Å²) >= 11 is 0. The molecule has 0 atom stereocenters. The van der Waals surface area contributed by atoms with E-state index in [9.17, 15) is 9.59 Å². The molecule has 4 heteroatoms. The normalized spacial score (nSPS) is 15.5. The van der Waals surface area contributed by atoms with E-state index in [0.29, 0.717) is 17.2 Å². The number of nitrogens with zero attached hydrogens (tertiary/aromatic N) is 1. The number of amides is 2. The van der Waals surface area contributed by atoms with E-state index >= 15 is 0 Å². The number of likely N-dealkylation sites (tertiary alicyclic amines) is 1. The summed E-state index contributed by atoms with van der Waals surface area (Å²) in [5.74, 6) is 0.250. The molecule has 140 valence electrons. The van der Waals surface area contributed by atoms with Gasteiger partial charge in [-0.1, -0.05) is 55.0 Å². The molecule has 1 N–H and O–H groups in total. The molecule has 0 bridgehead atoms. The van der Waals surface area contributed by atoms with Gasteiger partial charge in [-0.25, -0.2) is 0 Å². The molecular formula is C23H26N2O2. The monoisotopic (exact) mass is 362 g/mol. The van der Waals surface area contributed by atoms with Crippen LogP contribution in [-0.2, 0) is 4.79 Å². The van der Waals surface area contributed by atoms with Crippen molar-refractivity contribution in [2.45, 2.75) is 26.7 Å². The molecule has 1 aliphatic heterocycles. The second-order valence-electron chi connectivity index (χ2n) is 7.26. The Labute approximate surface area is 160 Å². The third kappa shape index (κ3) is 5.07. The van der Waals surface area contributed by atoms with E-state index in [2.05, 4.69) is 12.2 Å². The molecule has 1 fully saturated rings. The second-order valence-corrected chi connectivity index (χ2v) is 7.26. The minimum Gasteiger partial charge on any atom is -0.337 e.